The molecule has 1 N–H and O–H groups in total. The van der Waals surface area contributed by atoms with E-state index in [0.717, 1.165) is 36.1 Å². The molecule has 1 aliphatic carbocycles. The molecule has 0 fully saturated rings. The Hall–Kier alpha value is -2.67. The van der Waals surface area contributed by atoms with Crippen LogP contribution in [-0.2, 0) is 17.6 Å². The molecule has 7 heteroatoms. The summed E-state index contributed by atoms with van der Waals surface area (Å²) in [7, 11) is 0. The van der Waals surface area contributed by atoms with Crippen LogP contribution in [0.4, 0.5) is 5.69 Å². The first kappa shape index (κ1) is 18.7. The van der Waals surface area contributed by atoms with Gasteiger partial charge in [0, 0.05) is 4.88 Å². The molecule has 2 aromatic heterocycles. The molecule has 6 nitrogen and oxygen atoms in total. The molecule has 146 valence electrons. The molecule has 0 spiro atoms. The number of aromatic nitrogens is 2. The topological polar surface area (TPSA) is 73.2 Å². The summed E-state index contributed by atoms with van der Waals surface area (Å²) in [6.07, 6.45) is 5.67. The van der Waals surface area contributed by atoms with Gasteiger partial charge >= 0.3 is 0 Å². The third kappa shape index (κ3) is 3.30. The molecule has 0 bridgehead atoms. The molecular formula is C21H23N3O3S. The summed E-state index contributed by atoms with van der Waals surface area (Å²) in [5.41, 5.74) is 1.59. The number of rotatable bonds is 5. The smallest absolute Gasteiger partial charge is 0.263 e. The highest BCUT2D eigenvalue weighted by Crippen LogP contribution is 2.33. The molecule has 2 heterocycles. The van der Waals surface area contributed by atoms with Crippen LogP contribution in [0.3, 0.4) is 0 Å². The minimum absolute atomic E-state index is 0.134. The van der Waals surface area contributed by atoms with E-state index >= 15 is 0 Å². The zero-order valence-electron chi connectivity index (χ0n) is 16.0. The van der Waals surface area contributed by atoms with Crippen molar-refractivity contribution in [3.8, 4) is 5.75 Å². The predicted molar refractivity (Wildman–Crippen MR) is 111 cm³/mol. The molecule has 28 heavy (non-hydrogen) atoms. The first-order chi connectivity index (χ1) is 13.6. The van der Waals surface area contributed by atoms with Gasteiger partial charge in [-0.3, -0.25) is 14.2 Å². The number of carbonyl (C=O) groups excluding carboxylic acids is 1. The van der Waals surface area contributed by atoms with E-state index in [1.807, 2.05) is 19.1 Å². The normalized spacial score (nSPS) is 14.5. The SMILES string of the molecule is CCOc1ccccc1NC(=O)[C@@H](C)n1cnc2sc3c(c2c1=O)CCCC3. The van der Waals surface area contributed by atoms with Crippen LogP contribution in [0.2, 0.25) is 0 Å². The molecule has 4 rings (SSSR count). The van der Waals surface area contributed by atoms with Crippen molar-refractivity contribution in [2.45, 2.75) is 45.6 Å². The van der Waals surface area contributed by atoms with Gasteiger partial charge in [-0.15, -0.1) is 11.3 Å². The molecule has 1 atom stereocenters. The number of ether oxygens (including phenoxy) is 1. The van der Waals surface area contributed by atoms with Crippen LogP contribution in [-0.4, -0.2) is 22.1 Å². The quantitative estimate of drug-likeness (QED) is 0.708. The van der Waals surface area contributed by atoms with E-state index in [2.05, 4.69) is 10.3 Å². The van der Waals surface area contributed by atoms with Crippen LogP contribution in [0.5, 0.6) is 5.75 Å². The van der Waals surface area contributed by atoms with Crippen LogP contribution in [0.1, 0.15) is 43.2 Å². The van der Waals surface area contributed by atoms with Gasteiger partial charge in [-0.05, 0) is 57.2 Å². The second-order valence-corrected chi connectivity index (χ2v) is 8.03. The fourth-order valence-electron chi connectivity index (χ4n) is 3.65. The fraction of sp³-hybridized carbons (Fsp3) is 0.381. The number of nitrogens with zero attached hydrogens (tertiary/aromatic N) is 2. The molecule has 0 aliphatic heterocycles. The van der Waals surface area contributed by atoms with Crippen LogP contribution in [0.25, 0.3) is 10.2 Å². The number of benzene rings is 1. The van der Waals surface area contributed by atoms with Gasteiger partial charge in [0.15, 0.2) is 0 Å². The number of hydrogen-bond donors (Lipinski definition) is 1. The Morgan fingerprint density at radius 1 is 1.32 bits per heavy atom. The Labute approximate surface area is 167 Å². The van der Waals surface area contributed by atoms with Gasteiger partial charge in [-0.2, -0.15) is 0 Å². The molecule has 1 aromatic carbocycles. The second-order valence-electron chi connectivity index (χ2n) is 6.94. The number of carbonyl (C=O) groups is 1. The summed E-state index contributed by atoms with van der Waals surface area (Å²) in [5, 5.41) is 3.57. The zero-order chi connectivity index (χ0) is 19.7. The van der Waals surface area contributed by atoms with Crippen molar-refractivity contribution < 1.29 is 9.53 Å². The van der Waals surface area contributed by atoms with Crippen molar-refractivity contribution in [2.24, 2.45) is 0 Å². The Bertz CT molecular complexity index is 1090. The number of hydrogen-bond acceptors (Lipinski definition) is 5. The first-order valence-corrected chi connectivity index (χ1v) is 10.5. The monoisotopic (exact) mass is 397 g/mol. The standard InChI is InChI=1S/C21H23N3O3S/c1-3-27-16-10-6-5-9-15(16)23-19(25)13(2)24-12-22-20-18(21(24)26)14-8-4-7-11-17(14)28-20/h5-6,9-10,12-13H,3-4,7-8,11H2,1-2H3,(H,23,25)/t13-/m1/s1. The molecule has 0 unspecified atom stereocenters. The van der Waals surface area contributed by atoms with Gasteiger partial charge in [0.05, 0.1) is 24.0 Å². The van der Waals surface area contributed by atoms with E-state index in [1.165, 1.54) is 15.8 Å². The van der Waals surface area contributed by atoms with Gasteiger partial charge < -0.3 is 10.1 Å². The average molecular weight is 398 g/mol. The Balaban J connectivity index is 1.65. The number of aryl methyl sites for hydroxylation is 2. The summed E-state index contributed by atoms with van der Waals surface area (Å²) in [6, 6.07) is 6.60. The average Bonchev–Trinajstić information content (AvgIpc) is 3.09. The molecule has 0 radical (unpaired) electrons. The van der Waals surface area contributed by atoms with E-state index in [-0.39, 0.29) is 11.5 Å². The molecule has 3 aromatic rings. The van der Waals surface area contributed by atoms with Gasteiger partial charge in [0.2, 0.25) is 5.91 Å². The number of thiophene rings is 1. The lowest BCUT2D eigenvalue weighted by Crippen LogP contribution is -2.32. The lowest BCUT2D eigenvalue weighted by atomic mass is 9.97. The Morgan fingerprint density at radius 3 is 2.93 bits per heavy atom. The van der Waals surface area contributed by atoms with Crippen LogP contribution >= 0.6 is 11.3 Å². The molecule has 0 saturated carbocycles. The number of nitrogens with one attached hydrogen (secondary N) is 1. The van der Waals surface area contributed by atoms with Crippen molar-refractivity contribution in [1.82, 2.24) is 9.55 Å². The molecular weight excluding hydrogens is 374 g/mol. The highest BCUT2D eigenvalue weighted by molar-refractivity contribution is 7.18. The largest absolute Gasteiger partial charge is 0.492 e. The van der Waals surface area contributed by atoms with Gasteiger partial charge in [-0.1, -0.05) is 12.1 Å². The maximum Gasteiger partial charge on any atom is 0.263 e. The van der Waals surface area contributed by atoms with Crippen molar-refractivity contribution in [3.05, 3.63) is 51.4 Å². The molecule has 0 saturated heterocycles. The van der Waals surface area contributed by atoms with E-state index in [4.69, 9.17) is 4.74 Å². The second kappa shape index (κ2) is 7.75. The van der Waals surface area contributed by atoms with Gasteiger partial charge in [-0.25, -0.2) is 4.98 Å². The number of para-hydroxylation sites is 2. The highest BCUT2D eigenvalue weighted by Gasteiger charge is 2.23. The first-order valence-electron chi connectivity index (χ1n) is 9.64. The van der Waals surface area contributed by atoms with E-state index < -0.39 is 6.04 Å². The van der Waals surface area contributed by atoms with Crippen molar-refractivity contribution in [3.63, 3.8) is 0 Å². The highest BCUT2D eigenvalue weighted by atomic mass is 32.1. The molecule has 1 amide bonds. The zero-order valence-corrected chi connectivity index (χ0v) is 16.8. The summed E-state index contributed by atoms with van der Waals surface area (Å²) in [4.78, 5) is 32.5. The van der Waals surface area contributed by atoms with Crippen LogP contribution < -0.4 is 15.6 Å². The van der Waals surface area contributed by atoms with Crippen LogP contribution in [0.15, 0.2) is 35.4 Å². The molecule has 1 aliphatic rings. The van der Waals surface area contributed by atoms with E-state index in [1.54, 1.807) is 30.4 Å². The van der Waals surface area contributed by atoms with Crippen molar-refractivity contribution >= 4 is 33.1 Å². The van der Waals surface area contributed by atoms with Gasteiger partial charge in [0.25, 0.3) is 5.56 Å². The Morgan fingerprint density at radius 2 is 2.11 bits per heavy atom. The fourth-order valence-corrected chi connectivity index (χ4v) is 4.87. The van der Waals surface area contributed by atoms with Crippen molar-refractivity contribution in [1.29, 1.82) is 0 Å². The minimum atomic E-state index is -0.682. The summed E-state index contributed by atoms with van der Waals surface area (Å²) in [6.45, 7) is 4.11. The number of fused-ring (bicyclic) bond motifs is 3. The van der Waals surface area contributed by atoms with E-state index in [9.17, 15) is 9.59 Å². The number of anilines is 1. The third-order valence-corrected chi connectivity index (χ3v) is 6.34. The summed E-state index contributed by atoms with van der Waals surface area (Å²) in [5.74, 6) is 0.331. The maximum atomic E-state index is 13.2. The third-order valence-electron chi connectivity index (χ3n) is 5.14. The van der Waals surface area contributed by atoms with Crippen molar-refractivity contribution in [2.75, 3.05) is 11.9 Å². The van der Waals surface area contributed by atoms with Gasteiger partial charge in [0.1, 0.15) is 16.6 Å². The van der Waals surface area contributed by atoms with E-state index in [0.29, 0.717) is 23.4 Å². The lowest BCUT2D eigenvalue weighted by Gasteiger charge is -2.17. The van der Waals surface area contributed by atoms with Crippen LogP contribution in [0, 0.1) is 0 Å². The number of amides is 1. The summed E-state index contributed by atoms with van der Waals surface area (Å²) >= 11 is 1.61. The maximum absolute atomic E-state index is 13.2. The summed E-state index contributed by atoms with van der Waals surface area (Å²) < 4.78 is 7.00. The minimum Gasteiger partial charge on any atom is -0.492 e. The lowest BCUT2D eigenvalue weighted by molar-refractivity contribution is -0.118. The predicted octanol–water partition coefficient (Wildman–Crippen LogP) is 3.94. The Kier molecular flexibility index (Phi) is 5.17.